The SMILES string of the molecule is [2H]c1nn(C(=O)OC(C)(C)C)c([2H])c1B1OC(C)(C)C(C)(C)O1. The standard InChI is InChI=1S/C14H23BN2O4/c1-12(2,3)19-11(18)17-9-10(8-16-17)15-20-13(4,5)14(6,7)21-15/h8-9H,1-7H3/i8D,9D. The maximum atomic E-state index is 12.1. The lowest BCUT2D eigenvalue weighted by Crippen LogP contribution is -2.41. The van der Waals surface area contributed by atoms with E-state index in [9.17, 15) is 4.79 Å². The van der Waals surface area contributed by atoms with Crippen molar-refractivity contribution >= 4 is 18.7 Å². The number of carbonyl (C=O) groups excluding carboxylic acids is 1. The van der Waals surface area contributed by atoms with Crippen LogP contribution < -0.4 is 5.46 Å². The van der Waals surface area contributed by atoms with Gasteiger partial charge in [0, 0.05) is 17.8 Å². The highest BCUT2D eigenvalue weighted by atomic mass is 16.7. The second-order valence-corrected chi connectivity index (χ2v) is 7.12. The molecule has 0 unspecified atom stereocenters. The maximum absolute atomic E-state index is 12.1. The summed E-state index contributed by atoms with van der Waals surface area (Å²) in [5.74, 6) is 0. The molecule has 0 saturated carbocycles. The van der Waals surface area contributed by atoms with Gasteiger partial charge in [-0.15, -0.1) is 0 Å². The number of carbonyl (C=O) groups is 1. The second-order valence-electron chi connectivity index (χ2n) is 7.12. The largest absolute Gasteiger partial charge is 0.498 e. The molecule has 0 aliphatic carbocycles. The van der Waals surface area contributed by atoms with Gasteiger partial charge in [0.2, 0.25) is 0 Å². The zero-order valence-electron chi connectivity index (χ0n) is 15.6. The Bertz CT molecular complexity index is 621. The van der Waals surface area contributed by atoms with Gasteiger partial charge in [0.1, 0.15) is 5.60 Å². The van der Waals surface area contributed by atoms with Crippen molar-refractivity contribution in [2.45, 2.75) is 65.3 Å². The topological polar surface area (TPSA) is 62.6 Å². The molecule has 1 fully saturated rings. The van der Waals surface area contributed by atoms with Gasteiger partial charge in [-0.05, 0) is 48.5 Å². The molecular weight excluding hydrogens is 271 g/mol. The first-order valence-electron chi connectivity index (χ1n) is 7.90. The summed E-state index contributed by atoms with van der Waals surface area (Å²) < 4.78 is 33.7. The first-order valence-corrected chi connectivity index (χ1v) is 6.90. The summed E-state index contributed by atoms with van der Waals surface area (Å²) in [6.07, 6.45) is -1.30. The van der Waals surface area contributed by atoms with Gasteiger partial charge < -0.3 is 14.0 Å². The van der Waals surface area contributed by atoms with E-state index < -0.39 is 30.0 Å². The normalized spacial score (nSPS) is 22.0. The van der Waals surface area contributed by atoms with Crippen LogP contribution in [0.3, 0.4) is 0 Å². The third kappa shape index (κ3) is 3.29. The van der Waals surface area contributed by atoms with Gasteiger partial charge in [0.15, 0.2) is 0 Å². The summed E-state index contributed by atoms with van der Waals surface area (Å²) in [5, 5.41) is 3.80. The summed E-state index contributed by atoms with van der Waals surface area (Å²) >= 11 is 0. The summed E-state index contributed by atoms with van der Waals surface area (Å²) in [7, 11) is -0.920. The Kier molecular flexibility index (Phi) is 3.08. The third-order valence-corrected chi connectivity index (χ3v) is 3.55. The van der Waals surface area contributed by atoms with Crippen LogP contribution in [0.1, 0.15) is 51.2 Å². The number of aromatic nitrogens is 2. The molecule has 2 rings (SSSR count). The Balaban J connectivity index is 2.35. The lowest BCUT2D eigenvalue weighted by molar-refractivity contribution is 0.00578. The van der Waals surface area contributed by atoms with Crippen LogP contribution in [0, 0.1) is 0 Å². The Hall–Kier alpha value is -1.34. The number of hydrogen-bond donors (Lipinski definition) is 0. The molecule has 0 radical (unpaired) electrons. The maximum Gasteiger partial charge on any atom is 0.498 e. The van der Waals surface area contributed by atoms with Crippen LogP contribution in [0.4, 0.5) is 4.79 Å². The minimum absolute atomic E-state index is 0.120. The van der Waals surface area contributed by atoms with Crippen molar-refractivity contribution in [3.63, 3.8) is 0 Å². The number of ether oxygens (including phenoxy) is 1. The molecule has 1 aliphatic rings. The van der Waals surface area contributed by atoms with E-state index >= 15 is 0 Å². The molecule has 2 heterocycles. The molecule has 0 amide bonds. The van der Waals surface area contributed by atoms with E-state index in [-0.39, 0.29) is 17.8 Å². The summed E-state index contributed by atoms with van der Waals surface area (Å²) in [6.45, 7) is 12.6. The quantitative estimate of drug-likeness (QED) is 0.741. The second kappa shape index (κ2) is 4.85. The lowest BCUT2D eigenvalue weighted by atomic mass is 9.82. The fourth-order valence-electron chi connectivity index (χ4n) is 1.73. The Morgan fingerprint density at radius 3 is 2.33 bits per heavy atom. The highest BCUT2D eigenvalue weighted by Gasteiger charge is 2.52. The Labute approximate surface area is 128 Å². The van der Waals surface area contributed by atoms with E-state index in [0.29, 0.717) is 0 Å². The summed E-state index contributed by atoms with van der Waals surface area (Å²) in [6, 6.07) is 0. The summed E-state index contributed by atoms with van der Waals surface area (Å²) in [4.78, 5) is 12.1. The van der Waals surface area contributed by atoms with Gasteiger partial charge in [-0.3, -0.25) is 0 Å². The molecule has 7 heteroatoms. The Morgan fingerprint density at radius 1 is 1.33 bits per heavy atom. The molecule has 0 spiro atoms. The van der Waals surface area contributed by atoms with E-state index in [2.05, 4.69) is 5.10 Å². The van der Waals surface area contributed by atoms with Crippen molar-refractivity contribution in [3.05, 3.63) is 12.3 Å². The lowest BCUT2D eigenvalue weighted by Gasteiger charge is -2.32. The molecule has 1 aromatic heterocycles. The molecule has 0 atom stereocenters. The van der Waals surface area contributed by atoms with Crippen LogP contribution in [0.2, 0.25) is 0 Å². The van der Waals surface area contributed by atoms with Gasteiger partial charge in [-0.25, -0.2) is 4.79 Å². The first kappa shape index (κ1) is 13.3. The molecular formula is C14H23BN2O4. The number of hydrogen-bond acceptors (Lipinski definition) is 5. The fourth-order valence-corrected chi connectivity index (χ4v) is 1.73. The monoisotopic (exact) mass is 296 g/mol. The number of nitrogens with zero attached hydrogens (tertiary/aromatic N) is 2. The van der Waals surface area contributed by atoms with Crippen molar-refractivity contribution in [1.29, 1.82) is 0 Å². The third-order valence-electron chi connectivity index (χ3n) is 3.55. The molecule has 1 saturated heterocycles. The molecule has 1 aliphatic heterocycles. The minimum atomic E-state index is -0.920. The van der Waals surface area contributed by atoms with Gasteiger partial charge in [0.25, 0.3) is 0 Å². The highest BCUT2D eigenvalue weighted by Crippen LogP contribution is 2.36. The van der Waals surface area contributed by atoms with Crippen molar-refractivity contribution in [3.8, 4) is 0 Å². The molecule has 0 bridgehead atoms. The van der Waals surface area contributed by atoms with Gasteiger partial charge in [-0.2, -0.15) is 9.78 Å². The van der Waals surface area contributed by atoms with E-state index in [1.807, 2.05) is 27.7 Å². The fraction of sp³-hybridized carbons (Fsp3) is 0.714. The van der Waals surface area contributed by atoms with Gasteiger partial charge in [0.05, 0.1) is 13.9 Å². The van der Waals surface area contributed by atoms with Crippen molar-refractivity contribution in [1.82, 2.24) is 9.78 Å². The molecule has 6 nitrogen and oxygen atoms in total. The van der Waals surface area contributed by atoms with Crippen molar-refractivity contribution in [2.24, 2.45) is 0 Å². The number of rotatable bonds is 1. The van der Waals surface area contributed by atoms with Crippen LogP contribution in [0.15, 0.2) is 12.3 Å². The van der Waals surface area contributed by atoms with Crippen LogP contribution in [-0.4, -0.2) is 39.8 Å². The van der Waals surface area contributed by atoms with Crippen LogP contribution in [-0.2, 0) is 14.0 Å². The Morgan fingerprint density at radius 2 is 1.86 bits per heavy atom. The summed E-state index contributed by atoms with van der Waals surface area (Å²) in [5.41, 5.74) is -1.81. The predicted octanol–water partition coefficient (Wildman–Crippen LogP) is 1.97. The molecule has 21 heavy (non-hydrogen) atoms. The van der Waals surface area contributed by atoms with Gasteiger partial charge >= 0.3 is 13.2 Å². The average molecular weight is 296 g/mol. The van der Waals surface area contributed by atoms with E-state index in [4.69, 9.17) is 16.8 Å². The average Bonchev–Trinajstić information content (AvgIpc) is 2.71. The molecule has 0 aromatic carbocycles. The molecule has 116 valence electrons. The smallest absolute Gasteiger partial charge is 0.442 e. The van der Waals surface area contributed by atoms with Gasteiger partial charge in [-0.1, -0.05) is 0 Å². The van der Waals surface area contributed by atoms with Crippen LogP contribution in [0.5, 0.6) is 0 Å². The first-order chi connectivity index (χ1) is 10.3. The predicted molar refractivity (Wildman–Crippen MR) is 79.6 cm³/mol. The minimum Gasteiger partial charge on any atom is -0.442 e. The highest BCUT2D eigenvalue weighted by molar-refractivity contribution is 6.62. The molecule has 1 aromatic rings. The van der Waals surface area contributed by atoms with Crippen LogP contribution >= 0.6 is 0 Å². The van der Waals surface area contributed by atoms with E-state index in [1.54, 1.807) is 20.8 Å². The van der Waals surface area contributed by atoms with E-state index in [1.165, 1.54) is 0 Å². The van der Waals surface area contributed by atoms with E-state index in [0.717, 1.165) is 4.68 Å². The molecule has 0 N–H and O–H groups in total. The zero-order chi connectivity index (χ0) is 17.8. The van der Waals surface area contributed by atoms with Crippen molar-refractivity contribution < 1.29 is 21.6 Å². The van der Waals surface area contributed by atoms with Crippen LogP contribution in [0.25, 0.3) is 0 Å². The van der Waals surface area contributed by atoms with Crippen molar-refractivity contribution in [2.75, 3.05) is 0 Å². The zero-order valence-corrected chi connectivity index (χ0v) is 13.6.